The van der Waals surface area contributed by atoms with Crippen molar-refractivity contribution in [2.24, 2.45) is 0 Å². The predicted molar refractivity (Wildman–Crippen MR) is 109 cm³/mol. The second-order valence-electron chi connectivity index (χ2n) is 8.11. The number of hydrogen-bond acceptors (Lipinski definition) is 6. The van der Waals surface area contributed by atoms with E-state index in [1.807, 2.05) is 18.2 Å². The maximum absolute atomic E-state index is 11.9. The summed E-state index contributed by atoms with van der Waals surface area (Å²) in [7, 11) is 0. The number of carbonyl (C=O) groups is 1. The Labute approximate surface area is 192 Å². The van der Waals surface area contributed by atoms with Gasteiger partial charge in [0.05, 0.1) is 30.0 Å². The molecule has 1 atom stereocenters. The van der Waals surface area contributed by atoms with Crippen LogP contribution in [0.3, 0.4) is 0 Å². The molecule has 0 radical (unpaired) electrons. The van der Waals surface area contributed by atoms with Crippen molar-refractivity contribution in [3.63, 3.8) is 0 Å². The molecule has 5 rings (SSSR count). The number of aromatic nitrogens is 3. The van der Waals surface area contributed by atoms with E-state index < -0.39 is 12.1 Å². The summed E-state index contributed by atoms with van der Waals surface area (Å²) in [6.45, 7) is 0.472. The summed E-state index contributed by atoms with van der Waals surface area (Å²) in [4.78, 5) is 16.0. The maximum atomic E-state index is 11.9. The summed E-state index contributed by atoms with van der Waals surface area (Å²) in [6, 6.07) is 10.5. The quantitative estimate of drug-likeness (QED) is 0.437. The van der Waals surface area contributed by atoms with Crippen molar-refractivity contribution in [1.82, 2.24) is 20.1 Å². The fourth-order valence-corrected chi connectivity index (χ4v) is 4.70. The van der Waals surface area contributed by atoms with Crippen molar-refractivity contribution in [2.45, 2.75) is 44.4 Å². The Kier molecular flexibility index (Phi) is 6.31. The van der Waals surface area contributed by atoms with Crippen LogP contribution in [0.4, 0.5) is 0 Å². The molecule has 31 heavy (non-hydrogen) atoms. The minimum absolute atomic E-state index is 0. The average Bonchev–Trinajstić information content (AvgIpc) is 3.33. The zero-order valence-electron chi connectivity index (χ0n) is 17.5. The monoisotopic (exact) mass is 410 g/mol. The number of aliphatic hydroxyl groups excluding tert-OH is 1. The molecule has 1 aromatic carbocycles. The van der Waals surface area contributed by atoms with Gasteiger partial charge in [-0.15, -0.1) is 0 Å². The van der Waals surface area contributed by atoms with Gasteiger partial charge in [0, 0.05) is 36.1 Å². The summed E-state index contributed by atoms with van der Waals surface area (Å²) < 4.78 is 1.39. The van der Waals surface area contributed by atoms with Crippen molar-refractivity contribution in [3.05, 3.63) is 70.7 Å². The Morgan fingerprint density at radius 2 is 1.94 bits per heavy atom. The molecule has 0 saturated carbocycles. The summed E-state index contributed by atoms with van der Waals surface area (Å²) in [5.74, 6) is -1.26. The Hall–Kier alpha value is -2.43. The zero-order chi connectivity index (χ0) is 20.7. The molecule has 0 spiro atoms. The van der Waals surface area contributed by atoms with E-state index in [2.05, 4.69) is 27.5 Å². The van der Waals surface area contributed by atoms with Gasteiger partial charge in [-0.3, -0.25) is 9.67 Å². The molecule has 0 aliphatic heterocycles. The van der Waals surface area contributed by atoms with Gasteiger partial charge in [0.25, 0.3) is 0 Å². The molecule has 154 valence electrons. The molecular formula is C23H23LiN4O3. The van der Waals surface area contributed by atoms with Crippen molar-refractivity contribution in [2.75, 3.05) is 6.54 Å². The number of benzene rings is 1. The minimum atomic E-state index is -1.26. The Balaban J connectivity index is 0.00000231. The summed E-state index contributed by atoms with van der Waals surface area (Å²) in [5, 5.41) is 30.4. The number of aliphatic hydroxyl groups is 1. The molecule has 0 amide bonds. The number of aryl methyl sites for hydroxylation is 1. The number of carbonyl (C=O) groups excluding carboxylic acids is 1. The molecule has 1 unspecified atom stereocenters. The first-order chi connectivity index (χ1) is 14.6. The first-order valence-corrected chi connectivity index (χ1v) is 10.3. The summed E-state index contributed by atoms with van der Waals surface area (Å²) in [5.41, 5.74) is 6.06. The van der Waals surface area contributed by atoms with E-state index in [0.717, 1.165) is 24.0 Å². The van der Waals surface area contributed by atoms with Crippen LogP contribution < -0.4 is 29.3 Å². The first-order valence-electron chi connectivity index (χ1n) is 10.3. The van der Waals surface area contributed by atoms with E-state index in [9.17, 15) is 15.0 Å². The number of pyridine rings is 1. The minimum Gasteiger partial charge on any atom is -0.543 e. The van der Waals surface area contributed by atoms with E-state index in [1.165, 1.54) is 15.8 Å². The molecule has 2 heterocycles. The van der Waals surface area contributed by atoms with Crippen LogP contribution in [-0.4, -0.2) is 44.5 Å². The summed E-state index contributed by atoms with van der Waals surface area (Å²) in [6.07, 6.45) is 5.89. The van der Waals surface area contributed by atoms with Crippen LogP contribution >= 0.6 is 0 Å². The van der Waals surface area contributed by atoms with E-state index in [-0.39, 0.29) is 37.1 Å². The summed E-state index contributed by atoms with van der Waals surface area (Å²) >= 11 is 0. The van der Waals surface area contributed by atoms with Gasteiger partial charge in [0.2, 0.25) is 0 Å². The molecule has 0 fully saturated rings. The van der Waals surface area contributed by atoms with Gasteiger partial charge in [-0.1, -0.05) is 24.3 Å². The van der Waals surface area contributed by atoms with Crippen LogP contribution in [0.5, 0.6) is 0 Å². The maximum Gasteiger partial charge on any atom is 1.00 e. The van der Waals surface area contributed by atoms with Crippen LogP contribution in [-0.2, 0) is 32.2 Å². The van der Waals surface area contributed by atoms with Crippen LogP contribution in [0, 0.1) is 0 Å². The Bertz CT molecular complexity index is 1090. The fraction of sp³-hybridized carbons (Fsp3) is 0.348. The van der Waals surface area contributed by atoms with Crippen LogP contribution in [0.2, 0.25) is 0 Å². The largest absolute Gasteiger partial charge is 1.00 e. The number of fused-ring (bicyclic) bond motifs is 4. The second kappa shape index (κ2) is 8.97. The third kappa shape index (κ3) is 4.19. The van der Waals surface area contributed by atoms with E-state index >= 15 is 0 Å². The van der Waals surface area contributed by atoms with Gasteiger partial charge >= 0.3 is 18.9 Å². The molecule has 8 heteroatoms. The van der Waals surface area contributed by atoms with Gasteiger partial charge in [-0.25, -0.2) is 0 Å². The van der Waals surface area contributed by atoms with Crippen LogP contribution in [0.25, 0.3) is 11.3 Å². The first kappa shape index (κ1) is 21.8. The Morgan fingerprint density at radius 3 is 2.65 bits per heavy atom. The van der Waals surface area contributed by atoms with E-state index in [0.29, 0.717) is 30.6 Å². The fourth-order valence-electron chi connectivity index (χ4n) is 4.70. The van der Waals surface area contributed by atoms with Crippen LogP contribution in [0.15, 0.2) is 42.7 Å². The molecule has 3 aromatic rings. The van der Waals surface area contributed by atoms with Crippen molar-refractivity contribution >= 4 is 5.97 Å². The zero-order valence-corrected chi connectivity index (χ0v) is 17.5. The van der Waals surface area contributed by atoms with E-state index in [4.69, 9.17) is 0 Å². The molecule has 0 bridgehead atoms. The molecule has 2 aromatic heterocycles. The van der Waals surface area contributed by atoms with Gasteiger partial charge in [0.15, 0.2) is 0 Å². The van der Waals surface area contributed by atoms with Gasteiger partial charge in [-0.2, -0.15) is 5.10 Å². The van der Waals surface area contributed by atoms with Gasteiger partial charge in [0.1, 0.15) is 0 Å². The van der Waals surface area contributed by atoms with Gasteiger partial charge < -0.3 is 20.3 Å². The Morgan fingerprint density at radius 1 is 1.19 bits per heavy atom. The molecule has 2 aliphatic carbocycles. The standard InChI is InChI=1S/C23H24N4O3.Li/c28-18(12-25-17-9-14-3-1-2-4-15(14)10-17)13-27-22(23(29)30)20-6-5-16-11-24-8-7-19(16)21(20)26-27;/h1-4,7-8,11,17-18,25,28H,5-6,9-10,12-13H2,(H,29,30);/q;+1/p-1. The normalized spacial score (nSPS) is 15.5. The second-order valence-corrected chi connectivity index (χ2v) is 8.11. The van der Waals surface area contributed by atoms with Crippen molar-refractivity contribution < 1.29 is 33.9 Å². The van der Waals surface area contributed by atoms with Crippen molar-refractivity contribution in [3.8, 4) is 11.3 Å². The molecule has 0 saturated heterocycles. The number of rotatable bonds is 6. The number of carboxylic acid groups (broad SMARTS) is 1. The predicted octanol–water partition coefficient (Wildman–Crippen LogP) is -2.47. The van der Waals surface area contributed by atoms with E-state index in [1.54, 1.807) is 12.4 Å². The number of carboxylic acids is 1. The molecular weight excluding hydrogens is 387 g/mol. The van der Waals surface area contributed by atoms with Crippen molar-refractivity contribution in [1.29, 1.82) is 0 Å². The number of nitrogens with one attached hydrogen (secondary N) is 1. The molecule has 2 N–H and O–H groups in total. The topological polar surface area (TPSA) is 103 Å². The van der Waals surface area contributed by atoms with Gasteiger partial charge in [-0.05, 0) is 48.4 Å². The number of nitrogens with zero attached hydrogens (tertiary/aromatic N) is 3. The molecule has 2 aliphatic rings. The van der Waals surface area contributed by atoms with Crippen LogP contribution in [0.1, 0.15) is 32.7 Å². The number of hydrogen-bond donors (Lipinski definition) is 2. The number of aromatic carboxylic acids is 1. The third-order valence-corrected chi connectivity index (χ3v) is 6.12. The smallest absolute Gasteiger partial charge is 0.543 e. The average molecular weight is 410 g/mol. The third-order valence-electron chi connectivity index (χ3n) is 6.12. The SMILES string of the molecule is O=C([O-])c1c2c(nn1CC(O)CNC1Cc3ccccc3C1)-c1ccncc1CC2.[Li+]. The molecule has 7 nitrogen and oxygen atoms in total.